The molecule has 10 nitrogen and oxygen atoms in total. The molecule has 0 aliphatic carbocycles. The van der Waals surface area contributed by atoms with Crippen LogP contribution in [0.2, 0.25) is 0 Å². The van der Waals surface area contributed by atoms with Gasteiger partial charge in [0.2, 0.25) is 11.5 Å². The van der Waals surface area contributed by atoms with Gasteiger partial charge in [-0.1, -0.05) is 18.2 Å². The van der Waals surface area contributed by atoms with Crippen molar-refractivity contribution in [3.63, 3.8) is 0 Å². The number of carbonyl (C=O) groups excluding carboxylic acids is 2. The van der Waals surface area contributed by atoms with E-state index in [9.17, 15) is 19.7 Å². The number of benzene rings is 2. The Labute approximate surface area is 179 Å². The fraction of sp³-hybridized carbons (Fsp3) is 0.333. The maximum absolute atomic E-state index is 13.2. The number of nitrogens with zero attached hydrogens (tertiary/aromatic N) is 3. The monoisotopic (exact) mass is 429 g/mol. The minimum absolute atomic E-state index is 0.0338. The third-order valence-corrected chi connectivity index (χ3v) is 5.09. The summed E-state index contributed by atoms with van der Waals surface area (Å²) in [7, 11) is 3.95. The average molecular weight is 429 g/mol. The molecule has 0 atom stereocenters. The first-order valence-corrected chi connectivity index (χ1v) is 9.53. The highest BCUT2D eigenvalue weighted by Gasteiger charge is 2.35. The average Bonchev–Trinajstić information content (AvgIpc) is 2.82. The van der Waals surface area contributed by atoms with Gasteiger partial charge in [0, 0.05) is 37.8 Å². The third-order valence-electron chi connectivity index (χ3n) is 5.09. The van der Waals surface area contributed by atoms with Crippen LogP contribution >= 0.6 is 0 Å². The second-order valence-electron chi connectivity index (χ2n) is 6.75. The lowest BCUT2D eigenvalue weighted by Gasteiger charge is -2.34. The number of nitro groups is 1. The van der Waals surface area contributed by atoms with Crippen LogP contribution in [-0.4, -0.2) is 74.0 Å². The second kappa shape index (κ2) is 9.33. The number of nitro benzene ring substituents is 1. The van der Waals surface area contributed by atoms with E-state index in [1.807, 2.05) is 6.07 Å². The summed E-state index contributed by atoms with van der Waals surface area (Å²) in [6.45, 7) is 1.12. The van der Waals surface area contributed by atoms with Gasteiger partial charge in [0.15, 0.2) is 5.75 Å². The molecule has 0 bridgehead atoms. The zero-order valence-corrected chi connectivity index (χ0v) is 17.5. The van der Waals surface area contributed by atoms with Gasteiger partial charge < -0.3 is 24.0 Å². The van der Waals surface area contributed by atoms with Gasteiger partial charge >= 0.3 is 5.69 Å². The smallest absolute Gasteiger partial charge is 0.327 e. The molecule has 10 heteroatoms. The van der Waals surface area contributed by atoms with Crippen LogP contribution in [0.1, 0.15) is 20.7 Å². The molecule has 2 aromatic carbocycles. The summed E-state index contributed by atoms with van der Waals surface area (Å²) < 4.78 is 15.6. The molecule has 31 heavy (non-hydrogen) atoms. The van der Waals surface area contributed by atoms with Gasteiger partial charge in [0.25, 0.3) is 11.8 Å². The molecule has 3 rings (SSSR count). The van der Waals surface area contributed by atoms with E-state index in [0.717, 1.165) is 0 Å². The predicted molar refractivity (Wildman–Crippen MR) is 111 cm³/mol. The van der Waals surface area contributed by atoms with E-state index in [4.69, 9.17) is 14.2 Å². The van der Waals surface area contributed by atoms with Crippen molar-refractivity contribution in [1.29, 1.82) is 0 Å². The van der Waals surface area contributed by atoms with E-state index in [2.05, 4.69) is 0 Å². The van der Waals surface area contributed by atoms with Gasteiger partial charge in [0.05, 0.1) is 26.3 Å². The summed E-state index contributed by atoms with van der Waals surface area (Å²) in [5.74, 6) is -0.671. The van der Waals surface area contributed by atoms with Gasteiger partial charge in [0.1, 0.15) is 5.56 Å². The third kappa shape index (κ3) is 4.23. The highest BCUT2D eigenvalue weighted by atomic mass is 16.6. The summed E-state index contributed by atoms with van der Waals surface area (Å²) in [5.41, 5.74) is -0.0854. The summed E-state index contributed by atoms with van der Waals surface area (Å²) in [6, 6.07) is 10.2. The topological polar surface area (TPSA) is 111 Å². The Balaban J connectivity index is 1.85. The van der Waals surface area contributed by atoms with Crippen LogP contribution in [-0.2, 0) is 0 Å². The van der Waals surface area contributed by atoms with Gasteiger partial charge in [-0.2, -0.15) is 0 Å². The van der Waals surface area contributed by atoms with E-state index in [0.29, 0.717) is 18.7 Å². The van der Waals surface area contributed by atoms with Crippen molar-refractivity contribution in [1.82, 2.24) is 9.80 Å². The number of rotatable bonds is 6. The number of ether oxygens (including phenoxy) is 3. The van der Waals surface area contributed by atoms with Crippen LogP contribution in [0.25, 0.3) is 0 Å². The van der Waals surface area contributed by atoms with Crippen LogP contribution in [0.3, 0.4) is 0 Å². The minimum atomic E-state index is -0.677. The number of hydrogen-bond donors (Lipinski definition) is 0. The fourth-order valence-electron chi connectivity index (χ4n) is 3.53. The largest absolute Gasteiger partial charge is 0.493 e. The van der Waals surface area contributed by atoms with E-state index < -0.39 is 16.5 Å². The Morgan fingerprint density at radius 2 is 1.42 bits per heavy atom. The second-order valence-corrected chi connectivity index (χ2v) is 6.75. The summed E-state index contributed by atoms with van der Waals surface area (Å²) in [6.07, 6.45) is 0. The number of amides is 2. The molecular formula is C21H23N3O7. The van der Waals surface area contributed by atoms with Crippen molar-refractivity contribution < 1.29 is 28.7 Å². The molecule has 0 N–H and O–H groups in total. The Morgan fingerprint density at radius 1 is 0.871 bits per heavy atom. The standard InChI is InChI=1S/C21H23N3O7/c1-29-16-13-15(17(24(27)28)19(31-3)18(16)30-2)21(26)23-11-9-22(10-12-23)20(25)14-7-5-4-6-8-14/h4-8,13H,9-12H2,1-3H3. The van der Waals surface area contributed by atoms with Crippen LogP contribution in [0.4, 0.5) is 5.69 Å². The molecule has 0 saturated carbocycles. The van der Waals surface area contributed by atoms with Crippen LogP contribution in [0.5, 0.6) is 17.2 Å². The first-order valence-electron chi connectivity index (χ1n) is 9.53. The Hall–Kier alpha value is -3.82. The Kier molecular flexibility index (Phi) is 6.58. The molecule has 1 fully saturated rings. The summed E-state index contributed by atoms with van der Waals surface area (Å²) >= 11 is 0. The fourth-order valence-corrected chi connectivity index (χ4v) is 3.53. The lowest BCUT2D eigenvalue weighted by molar-refractivity contribution is -0.386. The molecule has 0 spiro atoms. The van der Waals surface area contributed by atoms with E-state index in [1.165, 1.54) is 32.3 Å². The van der Waals surface area contributed by atoms with Gasteiger partial charge in [-0.25, -0.2) is 0 Å². The van der Waals surface area contributed by atoms with Crippen molar-refractivity contribution in [3.05, 3.63) is 57.6 Å². The maximum atomic E-state index is 13.2. The van der Waals surface area contributed by atoms with Crippen molar-refractivity contribution >= 4 is 17.5 Å². The van der Waals surface area contributed by atoms with Crippen LogP contribution in [0.15, 0.2) is 36.4 Å². The van der Waals surface area contributed by atoms with Gasteiger partial charge in [-0.05, 0) is 12.1 Å². The summed E-state index contributed by atoms with van der Waals surface area (Å²) in [5, 5.41) is 11.8. The predicted octanol–water partition coefficient (Wildman–Crippen LogP) is 2.22. The number of piperazine rings is 1. The molecule has 1 aliphatic rings. The number of carbonyl (C=O) groups is 2. The summed E-state index contributed by atoms with van der Waals surface area (Å²) in [4.78, 5) is 40.0. The molecule has 1 saturated heterocycles. The number of hydrogen-bond acceptors (Lipinski definition) is 7. The maximum Gasteiger partial charge on any atom is 0.327 e. The molecular weight excluding hydrogens is 406 g/mol. The highest BCUT2D eigenvalue weighted by Crippen LogP contribution is 2.46. The van der Waals surface area contributed by atoms with Gasteiger partial charge in [-0.3, -0.25) is 19.7 Å². The molecule has 2 aromatic rings. The Morgan fingerprint density at radius 3 is 1.90 bits per heavy atom. The zero-order chi connectivity index (χ0) is 22.5. The van der Waals surface area contributed by atoms with E-state index >= 15 is 0 Å². The van der Waals surface area contributed by atoms with E-state index in [1.54, 1.807) is 29.2 Å². The molecule has 164 valence electrons. The molecule has 1 heterocycles. The molecule has 0 aromatic heterocycles. The van der Waals surface area contributed by atoms with Crippen LogP contribution < -0.4 is 14.2 Å². The molecule has 1 aliphatic heterocycles. The lowest BCUT2D eigenvalue weighted by atomic mass is 10.1. The first kappa shape index (κ1) is 21.9. The molecule has 0 radical (unpaired) electrons. The SMILES string of the molecule is COc1cc(C(=O)N2CCN(C(=O)c3ccccc3)CC2)c([N+](=O)[O-])c(OC)c1OC. The zero-order valence-electron chi connectivity index (χ0n) is 17.5. The Bertz CT molecular complexity index is 986. The lowest BCUT2D eigenvalue weighted by Crippen LogP contribution is -2.50. The van der Waals surface area contributed by atoms with Crippen molar-refractivity contribution in [2.75, 3.05) is 47.5 Å². The van der Waals surface area contributed by atoms with Crippen molar-refractivity contribution in [2.24, 2.45) is 0 Å². The molecule has 0 unspecified atom stereocenters. The van der Waals surface area contributed by atoms with Crippen molar-refractivity contribution in [2.45, 2.75) is 0 Å². The van der Waals surface area contributed by atoms with E-state index in [-0.39, 0.29) is 41.8 Å². The van der Waals surface area contributed by atoms with Gasteiger partial charge in [-0.15, -0.1) is 0 Å². The molecule has 2 amide bonds. The quantitative estimate of drug-likeness (QED) is 0.511. The highest BCUT2D eigenvalue weighted by molar-refractivity contribution is 6.01. The first-order chi connectivity index (χ1) is 14.9. The van der Waals surface area contributed by atoms with Crippen LogP contribution in [0, 0.1) is 10.1 Å². The normalized spacial score (nSPS) is 13.5. The number of methoxy groups -OCH3 is 3. The van der Waals surface area contributed by atoms with Crippen molar-refractivity contribution in [3.8, 4) is 17.2 Å². The minimum Gasteiger partial charge on any atom is -0.493 e.